The van der Waals surface area contributed by atoms with E-state index in [1.54, 1.807) is 12.1 Å². The molecule has 2 unspecified atom stereocenters. The summed E-state index contributed by atoms with van der Waals surface area (Å²) < 4.78 is 32.8. The molecule has 2 aromatic rings. The average molecular weight is 423 g/mol. The third kappa shape index (κ3) is 5.32. The summed E-state index contributed by atoms with van der Waals surface area (Å²) in [5, 5.41) is 3.52. The lowest BCUT2D eigenvalue weighted by atomic mass is 10.1. The molecular weight excluding hydrogens is 400 g/mol. The van der Waals surface area contributed by atoms with Gasteiger partial charge in [-0.25, -0.2) is 13.1 Å². The highest BCUT2D eigenvalue weighted by atomic mass is 35.5. The number of amides is 1. The molecule has 0 saturated carbocycles. The van der Waals surface area contributed by atoms with Crippen LogP contribution in [-0.4, -0.2) is 33.6 Å². The molecule has 0 bridgehead atoms. The zero-order valence-electron chi connectivity index (χ0n) is 15.5. The SMILES string of the molecule is CC(NC(=O)c1ccc(S(=O)(=O)NCC2CCCO2)cc1)c1ccc(Cl)cc1. The molecule has 1 saturated heterocycles. The number of carbonyl (C=O) groups is 1. The van der Waals surface area contributed by atoms with E-state index in [2.05, 4.69) is 10.0 Å². The van der Waals surface area contributed by atoms with Gasteiger partial charge >= 0.3 is 0 Å². The Morgan fingerprint density at radius 2 is 1.86 bits per heavy atom. The van der Waals surface area contributed by atoms with Gasteiger partial charge in [0.1, 0.15) is 0 Å². The van der Waals surface area contributed by atoms with Gasteiger partial charge in [-0.15, -0.1) is 0 Å². The van der Waals surface area contributed by atoms with Crippen molar-refractivity contribution in [1.29, 1.82) is 0 Å². The number of halogens is 1. The maximum atomic E-state index is 12.4. The maximum absolute atomic E-state index is 12.4. The van der Waals surface area contributed by atoms with Crippen LogP contribution in [0.25, 0.3) is 0 Å². The largest absolute Gasteiger partial charge is 0.377 e. The molecule has 0 spiro atoms. The lowest BCUT2D eigenvalue weighted by Crippen LogP contribution is -2.32. The number of rotatable bonds is 7. The number of nitrogens with one attached hydrogen (secondary N) is 2. The summed E-state index contributed by atoms with van der Waals surface area (Å²) >= 11 is 5.88. The molecule has 3 rings (SSSR count). The van der Waals surface area contributed by atoms with Crippen LogP contribution in [0.4, 0.5) is 0 Å². The Morgan fingerprint density at radius 3 is 2.46 bits per heavy atom. The van der Waals surface area contributed by atoms with E-state index >= 15 is 0 Å². The van der Waals surface area contributed by atoms with Gasteiger partial charge in [-0.1, -0.05) is 23.7 Å². The van der Waals surface area contributed by atoms with Gasteiger partial charge in [0.25, 0.3) is 5.91 Å². The van der Waals surface area contributed by atoms with E-state index in [1.165, 1.54) is 24.3 Å². The fourth-order valence-electron chi connectivity index (χ4n) is 2.99. The fraction of sp³-hybridized carbons (Fsp3) is 0.350. The molecule has 150 valence electrons. The third-order valence-corrected chi connectivity index (χ3v) is 6.36. The van der Waals surface area contributed by atoms with Gasteiger partial charge in [0.15, 0.2) is 0 Å². The summed E-state index contributed by atoms with van der Waals surface area (Å²) in [6, 6.07) is 12.9. The van der Waals surface area contributed by atoms with Gasteiger partial charge in [-0.3, -0.25) is 4.79 Å². The van der Waals surface area contributed by atoms with Crippen LogP contribution in [0.5, 0.6) is 0 Å². The molecular formula is C20H23ClN2O4S. The van der Waals surface area contributed by atoms with Crippen LogP contribution in [0.3, 0.4) is 0 Å². The molecule has 2 atom stereocenters. The van der Waals surface area contributed by atoms with Crippen LogP contribution >= 0.6 is 11.6 Å². The van der Waals surface area contributed by atoms with Crippen molar-refractivity contribution in [1.82, 2.24) is 10.0 Å². The monoisotopic (exact) mass is 422 g/mol. The van der Waals surface area contributed by atoms with Gasteiger partial charge in [0.05, 0.1) is 17.0 Å². The molecule has 8 heteroatoms. The van der Waals surface area contributed by atoms with Gasteiger partial charge in [-0.2, -0.15) is 0 Å². The molecule has 1 amide bonds. The molecule has 1 heterocycles. The van der Waals surface area contributed by atoms with E-state index in [4.69, 9.17) is 16.3 Å². The average Bonchev–Trinajstić information content (AvgIpc) is 3.21. The first-order valence-corrected chi connectivity index (χ1v) is 11.0. The molecule has 1 aliphatic rings. The van der Waals surface area contributed by atoms with E-state index in [1.807, 2.05) is 19.1 Å². The molecule has 0 radical (unpaired) electrons. The van der Waals surface area contributed by atoms with Crippen molar-refractivity contribution in [3.8, 4) is 0 Å². The van der Waals surface area contributed by atoms with Crippen LogP contribution in [0.15, 0.2) is 53.4 Å². The van der Waals surface area contributed by atoms with Crippen molar-refractivity contribution < 1.29 is 17.9 Å². The van der Waals surface area contributed by atoms with Gasteiger partial charge < -0.3 is 10.1 Å². The van der Waals surface area contributed by atoms with E-state index in [9.17, 15) is 13.2 Å². The lowest BCUT2D eigenvalue weighted by molar-refractivity contribution is 0.0939. The van der Waals surface area contributed by atoms with Gasteiger partial charge in [-0.05, 0) is 61.7 Å². The molecule has 6 nitrogen and oxygen atoms in total. The van der Waals surface area contributed by atoms with Crippen molar-refractivity contribution in [2.24, 2.45) is 0 Å². The number of hydrogen-bond donors (Lipinski definition) is 2. The third-order valence-electron chi connectivity index (χ3n) is 4.67. The molecule has 2 N–H and O–H groups in total. The van der Waals surface area contributed by atoms with Crippen LogP contribution in [-0.2, 0) is 14.8 Å². The summed E-state index contributed by atoms with van der Waals surface area (Å²) in [5.74, 6) is -0.279. The summed E-state index contributed by atoms with van der Waals surface area (Å²) in [6.45, 7) is 2.79. The standard InChI is InChI=1S/C20H23ClN2O4S/c1-14(15-4-8-17(21)9-5-15)23-20(24)16-6-10-19(11-7-16)28(25,26)22-13-18-3-2-12-27-18/h4-11,14,18,22H,2-3,12-13H2,1H3,(H,23,24). The Labute approximate surface area is 170 Å². The molecule has 2 aromatic carbocycles. The quantitative estimate of drug-likeness (QED) is 0.717. The summed E-state index contributed by atoms with van der Waals surface area (Å²) in [5.41, 5.74) is 1.31. The summed E-state index contributed by atoms with van der Waals surface area (Å²) in [6.07, 6.45) is 1.73. The molecule has 0 aliphatic carbocycles. The second kappa shape index (κ2) is 9.05. The second-order valence-corrected chi connectivity index (χ2v) is 8.96. The normalized spacial score (nSPS) is 18.0. The fourth-order valence-corrected chi connectivity index (χ4v) is 4.18. The van der Waals surface area contributed by atoms with Crippen molar-refractivity contribution >= 4 is 27.5 Å². The smallest absolute Gasteiger partial charge is 0.251 e. The van der Waals surface area contributed by atoms with Crippen LogP contribution < -0.4 is 10.0 Å². The Hall–Kier alpha value is -1.93. The Kier molecular flexibility index (Phi) is 6.72. The minimum atomic E-state index is -3.63. The highest BCUT2D eigenvalue weighted by Crippen LogP contribution is 2.18. The molecule has 28 heavy (non-hydrogen) atoms. The van der Waals surface area contributed by atoms with E-state index in [-0.39, 0.29) is 29.5 Å². The number of ether oxygens (including phenoxy) is 1. The first kappa shape index (κ1) is 20.8. The summed E-state index contributed by atoms with van der Waals surface area (Å²) in [7, 11) is -3.63. The highest BCUT2D eigenvalue weighted by molar-refractivity contribution is 7.89. The molecule has 1 aliphatic heterocycles. The number of sulfonamides is 1. The Bertz CT molecular complexity index is 908. The first-order valence-electron chi connectivity index (χ1n) is 9.13. The van der Waals surface area contributed by atoms with Crippen molar-refractivity contribution in [3.05, 3.63) is 64.7 Å². The first-order chi connectivity index (χ1) is 13.3. The predicted molar refractivity (Wildman–Crippen MR) is 108 cm³/mol. The zero-order chi connectivity index (χ0) is 20.1. The predicted octanol–water partition coefficient (Wildman–Crippen LogP) is 3.29. The van der Waals surface area contributed by atoms with E-state index < -0.39 is 10.0 Å². The number of hydrogen-bond acceptors (Lipinski definition) is 4. The van der Waals surface area contributed by atoms with Crippen molar-refractivity contribution in [2.75, 3.05) is 13.2 Å². The topological polar surface area (TPSA) is 84.5 Å². The van der Waals surface area contributed by atoms with Crippen molar-refractivity contribution in [3.63, 3.8) is 0 Å². The maximum Gasteiger partial charge on any atom is 0.251 e. The molecule has 0 aromatic heterocycles. The highest BCUT2D eigenvalue weighted by Gasteiger charge is 2.20. The Balaban J connectivity index is 1.60. The van der Waals surface area contributed by atoms with E-state index in [0.717, 1.165) is 18.4 Å². The minimum absolute atomic E-state index is 0.0748. The molecule has 1 fully saturated rings. The van der Waals surface area contributed by atoms with Gasteiger partial charge in [0, 0.05) is 23.7 Å². The minimum Gasteiger partial charge on any atom is -0.377 e. The van der Waals surface area contributed by atoms with Crippen LogP contribution in [0, 0.1) is 0 Å². The lowest BCUT2D eigenvalue weighted by Gasteiger charge is -2.15. The Morgan fingerprint density at radius 1 is 1.18 bits per heavy atom. The zero-order valence-corrected chi connectivity index (χ0v) is 17.1. The van der Waals surface area contributed by atoms with Crippen molar-refractivity contribution in [2.45, 2.75) is 36.8 Å². The number of benzene rings is 2. The van der Waals surface area contributed by atoms with Crippen LogP contribution in [0.2, 0.25) is 5.02 Å². The summed E-state index contributed by atoms with van der Waals surface area (Å²) in [4.78, 5) is 12.6. The van der Waals surface area contributed by atoms with Gasteiger partial charge in [0.2, 0.25) is 10.0 Å². The number of carbonyl (C=O) groups excluding carboxylic acids is 1. The second-order valence-electron chi connectivity index (χ2n) is 6.76. The van der Waals surface area contributed by atoms with Crippen LogP contribution in [0.1, 0.15) is 41.7 Å². The van der Waals surface area contributed by atoms with E-state index in [0.29, 0.717) is 17.2 Å².